The number of halogens is 1. The number of benzene rings is 2. The van der Waals surface area contributed by atoms with E-state index in [1.54, 1.807) is 12.1 Å². The highest BCUT2D eigenvalue weighted by molar-refractivity contribution is 7.89. The van der Waals surface area contributed by atoms with Crippen LogP contribution < -0.4 is 20.1 Å². The monoisotopic (exact) mass is 421 g/mol. The second kappa shape index (κ2) is 8.27. The van der Waals surface area contributed by atoms with Gasteiger partial charge in [0, 0.05) is 6.07 Å². The molecule has 2 aromatic carbocycles. The molecule has 1 aliphatic heterocycles. The van der Waals surface area contributed by atoms with Gasteiger partial charge in [0.25, 0.3) is 5.91 Å². The Balaban J connectivity index is 1.61. The molecule has 3 N–H and O–H groups in total. The third kappa shape index (κ3) is 4.61. The van der Waals surface area contributed by atoms with E-state index in [0.29, 0.717) is 13.0 Å². The molecule has 3 rings (SSSR count). The van der Waals surface area contributed by atoms with E-state index in [1.807, 2.05) is 0 Å². The highest BCUT2D eigenvalue weighted by atomic mass is 32.2. The third-order valence-corrected chi connectivity index (χ3v) is 5.53. The SMILES string of the molecule is COc1ccc(N2C(=O)C[C@@H](NCCc3ccc(S(N)(=O)=O)cc3)C2=O)cc1F. The fraction of sp³-hybridized carbons (Fsp3) is 0.263. The minimum absolute atomic E-state index is 0.0214. The third-order valence-electron chi connectivity index (χ3n) is 4.60. The van der Waals surface area contributed by atoms with Crippen molar-refractivity contribution in [1.82, 2.24) is 5.32 Å². The Morgan fingerprint density at radius 1 is 1.21 bits per heavy atom. The van der Waals surface area contributed by atoms with Crippen LogP contribution in [0.4, 0.5) is 10.1 Å². The van der Waals surface area contributed by atoms with Crippen molar-refractivity contribution in [3.05, 3.63) is 53.8 Å². The first-order valence-corrected chi connectivity index (χ1v) is 10.3. The molecule has 0 saturated carbocycles. The molecule has 0 spiro atoms. The Bertz CT molecular complexity index is 1040. The topological polar surface area (TPSA) is 119 Å². The van der Waals surface area contributed by atoms with Crippen LogP contribution in [0, 0.1) is 5.82 Å². The Kier molecular flexibility index (Phi) is 5.96. The van der Waals surface area contributed by atoms with Crippen LogP contribution >= 0.6 is 0 Å². The average Bonchev–Trinajstić information content (AvgIpc) is 2.95. The largest absolute Gasteiger partial charge is 0.494 e. The van der Waals surface area contributed by atoms with Gasteiger partial charge < -0.3 is 10.1 Å². The van der Waals surface area contributed by atoms with Crippen LogP contribution in [-0.2, 0) is 26.0 Å². The van der Waals surface area contributed by atoms with Crippen LogP contribution in [0.2, 0.25) is 0 Å². The average molecular weight is 421 g/mol. The summed E-state index contributed by atoms with van der Waals surface area (Å²) in [6.45, 7) is 0.392. The highest BCUT2D eigenvalue weighted by Gasteiger charge is 2.39. The molecule has 0 aromatic heterocycles. The number of carbonyl (C=O) groups is 2. The molecule has 2 amide bonds. The number of nitrogens with two attached hydrogens (primary N) is 1. The van der Waals surface area contributed by atoms with Crippen molar-refractivity contribution in [2.45, 2.75) is 23.8 Å². The summed E-state index contributed by atoms with van der Waals surface area (Å²) in [5, 5.41) is 8.08. The molecule has 0 radical (unpaired) electrons. The number of hydrogen-bond donors (Lipinski definition) is 2. The van der Waals surface area contributed by atoms with E-state index in [-0.39, 0.29) is 22.8 Å². The summed E-state index contributed by atoms with van der Waals surface area (Å²) in [5.41, 5.74) is 0.997. The number of sulfonamides is 1. The van der Waals surface area contributed by atoms with Crippen LogP contribution in [0.5, 0.6) is 5.75 Å². The maximum atomic E-state index is 13.9. The minimum atomic E-state index is -3.74. The maximum Gasteiger partial charge on any atom is 0.251 e. The van der Waals surface area contributed by atoms with Gasteiger partial charge in [-0.25, -0.2) is 22.8 Å². The van der Waals surface area contributed by atoms with Gasteiger partial charge in [-0.1, -0.05) is 12.1 Å². The molecular formula is C19H20FN3O5S. The second-order valence-corrected chi connectivity index (χ2v) is 8.10. The molecule has 1 aliphatic rings. The minimum Gasteiger partial charge on any atom is -0.494 e. The van der Waals surface area contributed by atoms with E-state index in [2.05, 4.69) is 5.32 Å². The lowest BCUT2D eigenvalue weighted by Crippen LogP contribution is -2.39. The van der Waals surface area contributed by atoms with Gasteiger partial charge in [0.05, 0.1) is 30.2 Å². The molecule has 29 heavy (non-hydrogen) atoms. The van der Waals surface area contributed by atoms with Crippen molar-refractivity contribution in [1.29, 1.82) is 0 Å². The highest BCUT2D eigenvalue weighted by Crippen LogP contribution is 2.27. The number of nitrogens with one attached hydrogen (secondary N) is 1. The number of anilines is 1. The van der Waals surface area contributed by atoms with Crippen LogP contribution in [-0.4, -0.2) is 39.9 Å². The predicted molar refractivity (Wildman–Crippen MR) is 103 cm³/mol. The number of hydrogen-bond acceptors (Lipinski definition) is 6. The quantitative estimate of drug-likeness (QED) is 0.643. The summed E-state index contributed by atoms with van der Waals surface area (Å²) in [6, 6.07) is 9.28. The summed E-state index contributed by atoms with van der Waals surface area (Å²) in [7, 11) is -2.42. The zero-order valence-corrected chi connectivity index (χ0v) is 16.4. The van der Waals surface area contributed by atoms with Crippen molar-refractivity contribution >= 4 is 27.5 Å². The van der Waals surface area contributed by atoms with Gasteiger partial charge in [0.15, 0.2) is 11.6 Å². The van der Waals surface area contributed by atoms with Gasteiger partial charge in [-0.15, -0.1) is 0 Å². The van der Waals surface area contributed by atoms with E-state index >= 15 is 0 Å². The number of carbonyl (C=O) groups excluding carboxylic acids is 2. The number of ether oxygens (including phenoxy) is 1. The van der Waals surface area contributed by atoms with Crippen molar-refractivity contribution in [2.75, 3.05) is 18.6 Å². The first-order chi connectivity index (χ1) is 13.7. The van der Waals surface area contributed by atoms with E-state index < -0.39 is 33.7 Å². The number of amides is 2. The maximum absolute atomic E-state index is 13.9. The van der Waals surface area contributed by atoms with Gasteiger partial charge in [-0.3, -0.25) is 9.59 Å². The van der Waals surface area contributed by atoms with E-state index in [9.17, 15) is 22.4 Å². The van der Waals surface area contributed by atoms with E-state index in [0.717, 1.165) is 16.5 Å². The Morgan fingerprint density at radius 3 is 2.48 bits per heavy atom. The van der Waals surface area contributed by atoms with Gasteiger partial charge >= 0.3 is 0 Å². The normalized spacial score (nSPS) is 17.1. The number of imide groups is 1. The molecule has 10 heteroatoms. The first-order valence-electron chi connectivity index (χ1n) is 8.76. The summed E-state index contributed by atoms with van der Waals surface area (Å²) in [4.78, 5) is 25.8. The molecule has 0 aliphatic carbocycles. The van der Waals surface area contributed by atoms with Crippen LogP contribution in [0.3, 0.4) is 0 Å². The summed E-state index contributed by atoms with van der Waals surface area (Å²) in [5.74, 6) is -1.51. The lowest BCUT2D eigenvalue weighted by Gasteiger charge is -2.16. The van der Waals surface area contributed by atoms with Gasteiger partial charge in [0.2, 0.25) is 15.9 Å². The molecular weight excluding hydrogens is 401 g/mol. The molecule has 1 fully saturated rings. The predicted octanol–water partition coefficient (Wildman–Crippen LogP) is 0.946. The van der Waals surface area contributed by atoms with Crippen molar-refractivity contribution in [3.8, 4) is 5.75 Å². The fourth-order valence-corrected chi connectivity index (χ4v) is 3.61. The molecule has 154 valence electrons. The fourth-order valence-electron chi connectivity index (χ4n) is 3.09. The van der Waals surface area contributed by atoms with Crippen LogP contribution in [0.1, 0.15) is 12.0 Å². The van der Waals surface area contributed by atoms with Crippen LogP contribution in [0.25, 0.3) is 0 Å². The number of primary sulfonamides is 1. The zero-order chi connectivity index (χ0) is 21.2. The summed E-state index contributed by atoms with van der Waals surface area (Å²) >= 11 is 0. The number of methoxy groups -OCH3 is 1. The standard InChI is InChI=1S/C19H20FN3O5S/c1-28-17-7-4-13(10-15(17)20)23-18(24)11-16(19(23)25)22-9-8-12-2-5-14(6-3-12)29(21,26)27/h2-7,10,16,22H,8-9,11H2,1H3,(H2,21,26,27)/t16-/m1/s1. The van der Waals surface area contributed by atoms with Crippen LogP contribution in [0.15, 0.2) is 47.4 Å². The van der Waals surface area contributed by atoms with Gasteiger partial charge in [-0.05, 0) is 42.8 Å². The van der Waals surface area contributed by atoms with Gasteiger partial charge in [-0.2, -0.15) is 0 Å². The lowest BCUT2D eigenvalue weighted by molar-refractivity contribution is -0.121. The molecule has 1 saturated heterocycles. The van der Waals surface area contributed by atoms with Crippen molar-refractivity contribution in [2.24, 2.45) is 5.14 Å². The second-order valence-electron chi connectivity index (χ2n) is 6.54. The number of nitrogens with zero attached hydrogens (tertiary/aromatic N) is 1. The number of rotatable bonds is 7. The van der Waals surface area contributed by atoms with Crippen molar-refractivity contribution in [3.63, 3.8) is 0 Å². The van der Waals surface area contributed by atoms with Crippen molar-refractivity contribution < 1.29 is 27.1 Å². The van der Waals surface area contributed by atoms with E-state index in [4.69, 9.17) is 9.88 Å². The lowest BCUT2D eigenvalue weighted by atomic mass is 10.1. The molecule has 2 aromatic rings. The Labute approximate surface area is 167 Å². The summed E-state index contributed by atoms with van der Waals surface area (Å²) < 4.78 is 41.3. The molecule has 0 bridgehead atoms. The molecule has 1 heterocycles. The summed E-state index contributed by atoms with van der Waals surface area (Å²) in [6.07, 6.45) is 0.483. The smallest absolute Gasteiger partial charge is 0.251 e. The first kappa shape index (κ1) is 20.9. The molecule has 0 unspecified atom stereocenters. The molecule has 1 atom stereocenters. The van der Waals surface area contributed by atoms with Gasteiger partial charge in [0.1, 0.15) is 0 Å². The Morgan fingerprint density at radius 2 is 1.90 bits per heavy atom. The molecule has 8 nitrogen and oxygen atoms in total. The zero-order valence-electron chi connectivity index (χ0n) is 15.6. The van der Waals surface area contributed by atoms with E-state index in [1.165, 1.54) is 31.4 Å². The Hall–Kier alpha value is -2.82.